The maximum atomic E-state index is 13.1. The molecule has 0 aliphatic carbocycles. The van der Waals surface area contributed by atoms with Crippen molar-refractivity contribution >= 4 is 23.4 Å². The minimum atomic E-state index is -0.170. The number of hydrogen-bond donors (Lipinski definition) is 1. The van der Waals surface area contributed by atoms with E-state index in [0.717, 1.165) is 29.7 Å². The number of piperidine rings is 1. The molecule has 3 aromatic rings. The van der Waals surface area contributed by atoms with Gasteiger partial charge >= 0.3 is 0 Å². The average molecular weight is 491 g/mol. The molecule has 2 aromatic carbocycles. The summed E-state index contributed by atoms with van der Waals surface area (Å²) in [5.41, 5.74) is 5.54. The number of aromatic nitrogens is 2. The van der Waals surface area contributed by atoms with Crippen molar-refractivity contribution < 1.29 is 9.59 Å². The van der Waals surface area contributed by atoms with Gasteiger partial charge in [0.2, 0.25) is 5.91 Å². The Balaban J connectivity index is 1.41. The van der Waals surface area contributed by atoms with Crippen molar-refractivity contribution in [3.05, 3.63) is 93.0 Å². The molecule has 0 atom stereocenters. The molecule has 1 saturated heterocycles. The van der Waals surface area contributed by atoms with Crippen LogP contribution < -0.4 is 5.32 Å². The second-order valence-electron chi connectivity index (χ2n) is 9.32. The Kier molecular flexibility index (Phi) is 7.81. The number of nitrogens with one attached hydrogen (secondary N) is 1. The van der Waals surface area contributed by atoms with Crippen LogP contribution in [0.5, 0.6) is 0 Å². The van der Waals surface area contributed by atoms with Crippen LogP contribution in [0.3, 0.4) is 0 Å². The van der Waals surface area contributed by atoms with Crippen molar-refractivity contribution in [1.82, 2.24) is 20.2 Å². The number of amides is 2. The van der Waals surface area contributed by atoms with Gasteiger partial charge in [-0.3, -0.25) is 9.59 Å². The van der Waals surface area contributed by atoms with Crippen LogP contribution >= 0.6 is 11.6 Å². The topological polar surface area (TPSA) is 75.2 Å². The third-order valence-electron chi connectivity index (χ3n) is 6.45. The highest BCUT2D eigenvalue weighted by molar-refractivity contribution is 6.31. The molecule has 182 valence electrons. The standard InChI is InChI=1S/C28H31ClN4O2/c1-18-12-19(2)14-21(13-18)16-31-28(35)24-17-30-20(3)32-27(24)22-8-10-33(11-9-22)26(34)15-23-6-4-5-7-25(23)29/h4-7,12-14,17,22H,8-11,15-16H2,1-3H3,(H,31,35). The van der Waals surface area contributed by atoms with Gasteiger partial charge in [-0.2, -0.15) is 0 Å². The minimum absolute atomic E-state index is 0.0711. The summed E-state index contributed by atoms with van der Waals surface area (Å²) in [6.07, 6.45) is 3.43. The fourth-order valence-corrected chi connectivity index (χ4v) is 4.94. The Hall–Kier alpha value is -3.25. The number of aryl methyl sites for hydroxylation is 3. The predicted molar refractivity (Wildman–Crippen MR) is 138 cm³/mol. The third kappa shape index (κ3) is 6.25. The summed E-state index contributed by atoms with van der Waals surface area (Å²) in [5, 5.41) is 3.65. The summed E-state index contributed by atoms with van der Waals surface area (Å²) in [6.45, 7) is 7.64. The van der Waals surface area contributed by atoms with Crippen LogP contribution in [0, 0.1) is 20.8 Å². The zero-order chi connectivity index (χ0) is 24.9. The Morgan fingerprint density at radius 1 is 1.06 bits per heavy atom. The van der Waals surface area contributed by atoms with Crippen molar-refractivity contribution in [3.63, 3.8) is 0 Å². The molecule has 0 radical (unpaired) electrons. The van der Waals surface area contributed by atoms with Crippen molar-refractivity contribution in [2.75, 3.05) is 13.1 Å². The molecule has 1 aliphatic rings. The van der Waals surface area contributed by atoms with Crippen molar-refractivity contribution in [3.8, 4) is 0 Å². The number of benzene rings is 2. The van der Waals surface area contributed by atoms with E-state index in [9.17, 15) is 9.59 Å². The largest absolute Gasteiger partial charge is 0.348 e. The minimum Gasteiger partial charge on any atom is -0.348 e. The van der Waals surface area contributed by atoms with Crippen LogP contribution in [0.1, 0.15) is 62.9 Å². The summed E-state index contributed by atoms with van der Waals surface area (Å²) in [7, 11) is 0. The zero-order valence-corrected chi connectivity index (χ0v) is 21.2. The highest BCUT2D eigenvalue weighted by Crippen LogP contribution is 2.30. The lowest BCUT2D eigenvalue weighted by Gasteiger charge is -2.32. The Morgan fingerprint density at radius 3 is 2.43 bits per heavy atom. The molecular formula is C28H31ClN4O2. The smallest absolute Gasteiger partial charge is 0.254 e. The van der Waals surface area contributed by atoms with Crippen LogP contribution in [-0.2, 0) is 17.8 Å². The van der Waals surface area contributed by atoms with E-state index in [2.05, 4.69) is 47.3 Å². The molecule has 2 heterocycles. The van der Waals surface area contributed by atoms with Gasteiger partial charge in [0.05, 0.1) is 17.7 Å². The predicted octanol–water partition coefficient (Wildman–Crippen LogP) is 4.93. The fourth-order valence-electron chi connectivity index (χ4n) is 4.74. The third-order valence-corrected chi connectivity index (χ3v) is 6.82. The van der Waals surface area contributed by atoms with Gasteiger partial charge < -0.3 is 10.2 Å². The molecular weight excluding hydrogens is 460 g/mol. The quantitative estimate of drug-likeness (QED) is 0.531. The molecule has 2 amide bonds. The Morgan fingerprint density at radius 2 is 1.74 bits per heavy atom. The van der Waals surface area contributed by atoms with Crippen molar-refractivity contribution in [2.24, 2.45) is 0 Å². The maximum Gasteiger partial charge on any atom is 0.254 e. The number of hydrogen-bond acceptors (Lipinski definition) is 4. The van der Waals surface area contributed by atoms with Crippen molar-refractivity contribution in [1.29, 1.82) is 0 Å². The second kappa shape index (κ2) is 11.0. The summed E-state index contributed by atoms with van der Waals surface area (Å²) in [4.78, 5) is 36.8. The lowest BCUT2D eigenvalue weighted by molar-refractivity contribution is -0.131. The SMILES string of the molecule is Cc1cc(C)cc(CNC(=O)c2cnc(C)nc2C2CCN(C(=O)Cc3ccccc3Cl)CC2)c1. The first kappa shape index (κ1) is 24.9. The van der Waals surface area contributed by atoms with E-state index < -0.39 is 0 Å². The van der Waals surface area contributed by atoms with Gasteiger partial charge in [-0.1, -0.05) is 59.1 Å². The average Bonchev–Trinajstić information content (AvgIpc) is 2.83. The fraction of sp³-hybridized carbons (Fsp3) is 0.357. The van der Waals surface area contributed by atoms with E-state index in [-0.39, 0.29) is 17.7 Å². The van der Waals surface area contributed by atoms with Gasteiger partial charge in [0.25, 0.3) is 5.91 Å². The Labute approximate surface area is 211 Å². The van der Waals surface area contributed by atoms with E-state index in [0.29, 0.717) is 42.5 Å². The number of rotatable bonds is 6. The molecule has 4 rings (SSSR count). The van der Waals surface area contributed by atoms with Crippen LogP contribution in [0.2, 0.25) is 5.02 Å². The first-order valence-corrected chi connectivity index (χ1v) is 12.4. The molecule has 0 unspecified atom stereocenters. The highest BCUT2D eigenvalue weighted by Gasteiger charge is 2.28. The van der Waals surface area contributed by atoms with Crippen LogP contribution in [0.25, 0.3) is 0 Å². The van der Waals surface area contributed by atoms with E-state index in [4.69, 9.17) is 11.6 Å². The van der Waals surface area contributed by atoms with Crippen molar-refractivity contribution in [2.45, 2.75) is 52.5 Å². The number of carbonyl (C=O) groups excluding carboxylic acids is 2. The summed E-state index contributed by atoms with van der Waals surface area (Å²) < 4.78 is 0. The molecule has 0 saturated carbocycles. The molecule has 35 heavy (non-hydrogen) atoms. The van der Waals surface area contributed by atoms with Gasteiger partial charge in [0, 0.05) is 36.8 Å². The zero-order valence-electron chi connectivity index (χ0n) is 20.5. The molecule has 1 N–H and O–H groups in total. The van der Waals surface area contributed by atoms with Crippen LogP contribution in [0.4, 0.5) is 0 Å². The van der Waals surface area contributed by atoms with Crippen LogP contribution in [0.15, 0.2) is 48.7 Å². The maximum absolute atomic E-state index is 13.1. The molecule has 7 heteroatoms. The van der Waals surface area contributed by atoms with Gasteiger partial charge in [0.1, 0.15) is 5.82 Å². The number of likely N-dealkylation sites (tertiary alicyclic amines) is 1. The Bertz CT molecular complexity index is 1220. The summed E-state index contributed by atoms with van der Waals surface area (Å²) >= 11 is 6.23. The van der Waals surface area contributed by atoms with Crippen LogP contribution in [-0.4, -0.2) is 39.8 Å². The highest BCUT2D eigenvalue weighted by atomic mass is 35.5. The number of nitrogens with zero attached hydrogens (tertiary/aromatic N) is 3. The van der Waals surface area contributed by atoms with Gasteiger partial charge in [-0.25, -0.2) is 9.97 Å². The lowest BCUT2D eigenvalue weighted by Crippen LogP contribution is -2.39. The first-order valence-electron chi connectivity index (χ1n) is 12.0. The van der Waals surface area contributed by atoms with E-state index in [1.54, 1.807) is 12.3 Å². The van der Waals surface area contributed by atoms with Gasteiger partial charge in [-0.05, 0) is 50.8 Å². The number of carbonyl (C=O) groups is 2. The second-order valence-corrected chi connectivity index (χ2v) is 9.73. The summed E-state index contributed by atoms with van der Waals surface area (Å²) in [6, 6.07) is 13.7. The molecule has 1 fully saturated rings. The normalized spacial score (nSPS) is 14.1. The van der Waals surface area contributed by atoms with Gasteiger partial charge in [-0.15, -0.1) is 0 Å². The molecule has 0 spiro atoms. The van der Waals surface area contributed by atoms with E-state index in [1.807, 2.05) is 30.0 Å². The molecule has 1 aromatic heterocycles. The monoisotopic (exact) mass is 490 g/mol. The van der Waals surface area contributed by atoms with E-state index >= 15 is 0 Å². The molecule has 6 nitrogen and oxygen atoms in total. The lowest BCUT2D eigenvalue weighted by atomic mass is 9.90. The molecule has 0 bridgehead atoms. The number of halogens is 1. The summed E-state index contributed by atoms with van der Waals surface area (Å²) in [5.74, 6) is 0.643. The van der Waals surface area contributed by atoms with E-state index in [1.165, 1.54) is 11.1 Å². The van der Waals surface area contributed by atoms with Gasteiger partial charge in [0.15, 0.2) is 0 Å². The molecule has 1 aliphatic heterocycles. The first-order chi connectivity index (χ1) is 16.8.